The second kappa shape index (κ2) is 13.3. The van der Waals surface area contributed by atoms with Crippen LogP contribution in [0.15, 0.2) is 0 Å². The van der Waals surface area contributed by atoms with Crippen LogP contribution in [0, 0.1) is 0 Å². The van der Waals surface area contributed by atoms with E-state index in [2.05, 4.69) is 0 Å². The van der Waals surface area contributed by atoms with Crippen molar-refractivity contribution in [1.82, 2.24) is 0 Å². The first kappa shape index (κ1) is 29.8. The van der Waals surface area contributed by atoms with Crippen LogP contribution < -0.4 is 0 Å². The van der Waals surface area contributed by atoms with Gasteiger partial charge in [0.05, 0.1) is 0 Å². The molecular weight excluding hydrogens is 289 g/mol. The fourth-order valence-corrected chi connectivity index (χ4v) is 0. The maximum atomic E-state index is 8.88. The van der Waals surface area contributed by atoms with Crippen molar-refractivity contribution in [3.05, 3.63) is 0 Å². The van der Waals surface area contributed by atoms with Gasteiger partial charge >= 0.3 is 66.3 Å². The molecule has 0 bridgehead atoms. The molecule has 0 spiro atoms. The molecular formula is H10Ga2LiO4PTi. The Morgan fingerprint density at radius 2 is 1.00 bits per heavy atom. The van der Waals surface area contributed by atoms with E-state index in [1.807, 2.05) is 0 Å². The van der Waals surface area contributed by atoms with Gasteiger partial charge in [0.15, 0.2) is 0 Å². The van der Waals surface area contributed by atoms with Gasteiger partial charge in [0.1, 0.15) is 0 Å². The molecule has 9 heavy (non-hydrogen) atoms. The predicted molar refractivity (Wildman–Crippen MR) is 41.3 cm³/mol. The van der Waals surface area contributed by atoms with E-state index in [9.17, 15) is 0 Å². The van der Waals surface area contributed by atoms with E-state index < -0.39 is 7.82 Å². The van der Waals surface area contributed by atoms with Gasteiger partial charge in [-0.05, 0) is 0 Å². The van der Waals surface area contributed by atoms with Gasteiger partial charge in [0, 0.05) is 21.7 Å². The minimum Gasteiger partial charge on any atom is 0 e. The zero-order valence-corrected chi connectivity index (χ0v) is 5.15. The monoisotopic (exact) mass is 298 g/mol. The summed E-state index contributed by atoms with van der Waals surface area (Å²) in [5, 5.41) is 0. The maximum absolute atomic E-state index is 8.88. The standard InChI is InChI=1S/2Ga.Li.H3O4P.Ti.7H/c;;;1-5(2,3)4;;;;;;;;/h;;;(H3,1,2,3,4);;;;;;;;. The van der Waals surface area contributed by atoms with E-state index in [1.54, 1.807) is 0 Å². The van der Waals surface area contributed by atoms with Crippen LogP contribution in [0.5, 0.6) is 0 Å². The van der Waals surface area contributed by atoms with Crippen molar-refractivity contribution in [2.24, 2.45) is 0 Å². The summed E-state index contributed by atoms with van der Waals surface area (Å²) in [6.45, 7) is 0. The molecule has 50 valence electrons. The van der Waals surface area contributed by atoms with E-state index in [1.165, 1.54) is 0 Å². The summed E-state index contributed by atoms with van der Waals surface area (Å²) in [6, 6.07) is 0. The van der Waals surface area contributed by atoms with Crippen LogP contribution in [0.2, 0.25) is 0 Å². The summed E-state index contributed by atoms with van der Waals surface area (Å²) >= 11 is 0. The zero-order chi connectivity index (χ0) is 4.50. The Morgan fingerprint density at radius 1 is 1.00 bits per heavy atom. The third-order valence-corrected chi connectivity index (χ3v) is 0. The summed E-state index contributed by atoms with van der Waals surface area (Å²) in [7, 11) is -4.64. The van der Waals surface area contributed by atoms with Gasteiger partial charge in [-0.15, -0.1) is 0 Å². The summed E-state index contributed by atoms with van der Waals surface area (Å²) in [6.07, 6.45) is 0. The van der Waals surface area contributed by atoms with Gasteiger partial charge in [-0.25, -0.2) is 4.57 Å². The summed E-state index contributed by atoms with van der Waals surface area (Å²) in [5.41, 5.74) is 0. The van der Waals surface area contributed by atoms with Crippen LogP contribution in [0.25, 0.3) is 0 Å². The first-order valence-corrected chi connectivity index (χ1v) is 2.35. The molecule has 0 aliphatic heterocycles. The van der Waals surface area contributed by atoms with Crippen LogP contribution in [-0.4, -0.2) is 73.1 Å². The third kappa shape index (κ3) is 111. The summed E-state index contributed by atoms with van der Waals surface area (Å²) < 4.78 is 8.88. The Hall–Kier alpha value is 2.69. The smallest absolute Gasteiger partial charge is 0 e. The summed E-state index contributed by atoms with van der Waals surface area (Å²) in [5.74, 6) is 0. The Kier molecular flexibility index (Phi) is 44.1. The second-order valence-corrected chi connectivity index (χ2v) is 1.54. The van der Waals surface area contributed by atoms with Gasteiger partial charge in [-0.1, -0.05) is 0 Å². The Balaban J connectivity index is -0.0000000133. The molecule has 0 aromatic heterocycles. The quantitative estimate of drug-likeness (QED) is 0.315. The molecule has 0 heterocycles. The zero-order valence-electron chi connectivity index (χ0n) is 2.70. The molecule has 0 saturated carbocycles. The van der Waals surface area contributed by atoms with E-state index in [0.717, 1.165) is 0 Å². The van der Waals surface area contributed by atoms with E-state index in [-0.39, 0.29) is 80.2 Å². The van der Waals surface area contributed by atoms with Crippen molar-refractivity contribution in [3.8, 4) is 0 Å². The Bertz CT molecular complexity index is 64.7. The molecule has 0 rings (SSSR count). The molecule has 0 aromatic carbocycles. The van der Waals surface area contributed by atoms with Crippen molar-refractivity contribution >= 4 is 66.3 Å². The van der Waals surface area contributed by atoms with Crippen molar-refractivity contribution < 1.29 is 41.0 Å². The van der Waals surface area contributed by atoms with Crippen LogP contribution >= 0.6 is 7.82 Å². The van der Waals surface area contributed by atoms with Gasteiger partial charge < -0.3 is 14.7 Å². The van der Waals surface area contributed by atoms with Gasteiger partial charge in [-0.3, -0.25) is 0 Å². The maximum Gasteiger partial charge on any atom is 0 e. The van der Waals surface area contributed by atoms with Crippen molar-refractivity contribution in [3.63, 3.8) is 0 Å². The molecule has 0 fully saturated rings. The molecule has 0 aromatic rings. The van der Waals surface area contributed by atoms with Gasteiger partial charge in [-0.2, -0.15) is 0 Å². The fourth-order valence-electron chi connectivity index (χ4n) is 0. The molecule has 0 saturated heterocycles. The molecule has 4 nitrogen and oxygen atoms in total. The molecule has 0 aliphatic carbocycles. The molecule has 0 aliphatic rings. The van der Waals surface area contributed by atoms with Crippen LogP contribution in [0.3, 0.4) is 0 Å². The predicted octanol–water partition coefficient (Wildman–Crippen LogP) is -3.95. The first-order valence-electron chi connectivity index (χ1n) is 0.783. The minimum atomic E-state index is -4.64. The Morgan fingerprint density at radius 3 is 1.00 bits per heavy atom. The molecule has 0 atom stereocenters. The van der Waals surface area contributed by atoms with Crippen molar-refractivity contribution in [2.45, 2.75) is 0 Å². The third-order valence-electron chi connectivity index (χ3n) is 0. The number of hydrogen-bond donors (Lipinski definition) is 3. The minimum absolute atomic E-state index is 0. The SMILES string of the molecule is O=P(O)(O)O.[GaH3].[GaH3].[LiH].[Ti]. The van der Waals surface area contributed by atoms with Gasteiger partial charge in [0.25, 0.3) is 0 Å². The van der Waals surface area contributed by atoms with Crippen LogP contribution in [-0.2, 0) is 26.3 Å². The van der Waals surface area contributed by atoms with E-state index in [4.69, 9.17) is 19.2 Å². The van der Waals surface area contributed by atoms with E-state index in [0.29, 0.717) is 0 Å². The first-order chi connectivity index (χ1) is 2.00. The van der Waals surface area contributed by atoms with Crippen LogP contribution in [0.4, 0.5) is 0 Å². The van der Waals surface area contributed by atoms with Crippen LogP contribution in [0.1, 0.15) is 0 Å². The Labute approximate surface area is 106 Å². The molecule has 0 radical (unpaired) electrons. The number of hydrogen-bond acceptors (Lipinski definition) is 1. The molecule has 0 unspecified atom stereocenters. The van der Waals surface area contributed by atoms with E-state index >= 15 is 0 Å². The molecule has 9 heteroatoms. The fraction of sp³-hybridized carbons (Fsp3) is 0. The average Bonchev–Trinajstić information content (AvgIpc) is 0.722. The van der Waals surface area contributed by atoms with Crippen molar-refractivity contribution in [1.29, 1.82) is 0 Å². The van der Waals surface area contributed by atoms with Crippen molar-refractivity contribution in [2.75, 3.05) is 0 Å². The molecule has 0 amide bonds. The average molecular weight is 299 g/mol. The topological polar surface area (TPSA) is 77.8 Å². The van der Waals surface area contributed by atoms with Gasteiger partial charge in [0.2, 0.25) is 0 Å². The summed E-state index contributed by atoms with van der Waals surface area (Å²) in [4.78, 5) is 21.6. The number of phosphoric acid groups is 1. The normalized spacial score (nSPS) is 6.56. The second-order valence-electron chi connectivity index (χ2n) is 0.513. The number of rotatable bonds is 0. The largest absolute Gasteiger partial charge is 0 e. The molecule has 3 N–H and O–H groups in total.